The molecule has 0 radical (unpaired) electrons. The molecule has 2 aliphatic rings. The molecule has 0 saturated carbocycles. The van der Waals surface area contributed by atoms with Gasteiger partial charge >= 0.3 is 0 Å². The summed E-state index contributed by atoms with van der Waals surface area (Å²) in [5.41, 5.74) is 0.160. The Balaban J connectivity index is 1.92. The number of methoxy groups -OCH3 is 1. The van der Waals surface area contributed by atoms with Crippen LogP contribution in [-0.2, 0) is 9.47 Å². The topological polar surface area (TPSA) is 21.7 Å². The van der Waals surface area contributed by atoms with Crippen LogP contribution in [0.15, 0.2) is 0 Å². The van der Waals surface area contributed by atoms with Crippen LogP contribution in [0, 0.1) is 0 Å². The van der Waals surface area contributed by atoms with Crippen LogP contribution in [0.25, 0.3) is 0 Å². The van der Waals surface area contributed by atoms with Gasteiger partial charge in [-0.15, -0.1) is 0 Å². The Kier molecular flexibility index (Phi) is 2.58. The molecule has 0 aromatic heterocycles. The SMILES string of the molecule is COC1COC2(CCN(C)CC2)C1. The summed E-state index contributed by atoms with van der Waals surface area (Å²) in [6.07, 6.45) is 3.77. The normalized spacial score (nSPS) is 34.2. The van der Waals surface area contributed by atoms with Gasteiger partial charge in [0.1, 0.15) is 0 Å². The predicted molar refractivity (Wildman–Crippen MR) is 50.8 cm³/mol. The summed E-state index contributed by atoms with van der Waals surface area (Å²) >= 11 is 0. The number of hydrogen-bond acceptors (Lipinski definition) is 3. The molecule has 0 aromatic carbocycles. The van der Waals surface area contributed by atoms with Crippen molar-refractivity contribution in [2.45, 2.75) is 31.0 Å². The highest BCUT2D eigenvalue weighted by molar-refractivity contribution is 4.93. The van der Waals surface area contributed by atoms with Gasteiger partial charge < -0.3 is 14.4 Å². The van der Waals surface area contributed by atoms with Gasteiger partial charge in [-0.05, 0) is 19.9 Å². The molecule has 13 heavy (non-hydrogen) atoms. The molecule has 76 valence electrons. The van der Waals surface area contributed by atoms with Crippen LogP contribution in [0.3, 0.4) is 0 Å². The van der Waals surface area contributed by atoms with E-state index in [2.05, 4.69) is 11.9 Å². The Bertz CT molecular complexity index is 176. The van der Waals surface area contributed by atoms with Crippen molar-refractivity contribution < 1.29 is 9.47 Å². The van der Waals surface area contributed by atoms with Gasteiger partial charge in [-0.3, -0.25) is 0 Å². The molecule has 2 heterocycles. The van der Waals surface area contributed by atoms with Gasteiger partial charge in [0.2, 0.25) is 0 Å². The van der Waals surface area contributed by atoms with Crippen LogP contribution >= 0.6 is 0 Å². The molecule has 2 rings (SSSR count). The third-order valence-corrected chi connectivity index (χ3v) is 3.41. The van der Waals surface area contributed by atoms with E-state index in [1.165, 1.54) is 12.8 Å². The van der Waals surface area contributed by atoms with Gasteiger partial charge in [0.15, 0.2) is 0 Å². The molecular formula is C10H19NO2. The van der Waals surface area contributed by atoms with E-state index >= 15 is 0 Å². The monoisotopic (exact) mass is 185 g/mol. The molecule has 0 aliphatic carbocycles. The van der Waals surface area contributed by atoms with Crippen molar-refractivity contribution in [2.24, 2.45) is 0 Å². The summed E-state index contributed by atoms with van der Waals surface area (Å²) in [5.74, 6) is 0. The van der Waals surface area contributed by atoms with Crippen LogP contribution in [0.5, 0.6) is 0 Å². The largest absolute Gasteiger partial charge is 0.379 e. The van der Waals surface area contributed by atoms with E-state index in [1.807, 2.05) is 0 Å². The zero-order valence-electron chi connectivity index (χ0n) is 8.58. The summed E-state index contributed by atoms with van der Waals surface area (Å²) in [6.45, 7) is 3.12. The maximum atomic E-state index is 5.88. The lowest BCUT2D eigenvalue weighted by Gasteiger charge is -2.36. The van der Waals surface area contributed by atoms with E-state index in [9.17, 15) is 0 Å². The second-order valence-corrected chi connectivity index (χ2v) is 4.36. The average molecular weight is 185 g/mol. The molecule has 0 aromatic rings. The lowest BCUT2D eigenvalue weighted by Crippen LogP contribution is -2.42. The molecule has 2 fully saturated rings. The van der Waals surface area contributed by atoms with Gasteiger partial charge in [-0.1, -0.05) is 0 Å². The van der Waals surface area contributed by atoms with E-state index in [4.69, 9.17) is 9.47 Å². The number of rotatable bonds is 1. The summed E-state index contributed by atoms with van der Waals surface area (Å²) < 4.78 is 11.2. The average Bonchev–Trinajstić information content (AvgIpc) is 2.55. The maximum absolute atomic E-state index is 5.88. The summed E-state index contributed by atoms with van der Waals surface area (Å²) in [4.78, 5) is 2.37. The Hall–Kier alpha value is -0.120. The first-order chi connectivity index (χ1) is 6.24. The first kappa shape index (κ1) is 9.44. The number of piperidine rings is 1. The first-order valence-electron chi connectivity index (χ1n) is 5.09. The van der Waals surface area contributed by atoms with Gasteiger partial charge in [0.25, 0.3) is 0 Å². The fraction of sp³-hybridized carbons (Fsp3) is 1.00. The molecule has 1 atom stereocenters. The third kappa shape index (κ3) is 1.87. The summed E-state index contributed by atoms with van der Waals surface area (Å²) in [7, 11) is 3.96. The van der Waals surface area contributed by atoms with E-state index in [0.29, 0.717) is 6.10 Å². The van der Waals surface area contributed by atoms with Gasteiger partial charge in [-0.25, -0.2) is 0 Å². The zero-order valence-corrected chi connectivity index (χ0v) is 8.58. The highest BCUT2D eigenvalue weighted by atomic mass is 16.6. The second kappa shape index (κ2) is 3.56. The van der Waals surface area contributed by atoms with Crippen LogP contribution in [0.4, 0.5) is 0 Å². The summed E-state index contributed by atoms with van der Waals surface area (Å²) in [6, 6.07) is 0. The Labute approximate surface area is 80.0 Å². The first-order valence-corrected chi connectivity index (χ1v) is 5.09. The fourth-order valence-electron chi connectivity index (χ4n) is 2.33. The van der Waals surface area contributed by atoms with Crippen LogP contribution < -0.4 is 0 Å². The Morgan fingerprint density at radius 1 is 1.38 bits per heavy atom. The van der Waals surface area contributed by atoms with E-state index in [-0.39, 0.29) is 5.60 Å². The lowest BCUT2D eigenvalue weighted by atomic mass is 9.88. The molecule has 0 N–H and O–H groups in total. The minimum absolute atomic E-state index is 0.160. The maximum Gasteiger partial charge on any atom is 0.0832 e. The van der Waals surface area contributed by atoms with E-state index in [1.54, 1.807) is 7.11 Å². The zero-order chi connectivity index (χ0) is 9.31. The third-order valence-electron chi connectivity index (χ3n) is 3.41. The Morgan fingerprint density at radius 3 is 2.62 bits per heavy atom. The highest BCUT2D eigenvalue weighted by Gasteiger charge is 2.42. The molecule has 0 bridgehead atoms. The van der Waals surface area contributed by atoms with Crippen molar-refractivity contribution in [2.75, 3.05) is 33.9 Å². The number of likely N-dealkylation sites (tertiary alicyclic amines) is 1. The van der Waals surface area contributed by atoms with Crippen molar-refractivity contribution in [3.8, 4) is 0 Å². The molecule has 2 aliphatic heterocycles. The quantitative estimate of drug-likeness (QED) is 0.605. The molecule has 3 heteroatoms. The molecular weight excluding hydrogens is 166 g/mol. The fourth-order valence-corrected chi connectivity index (χ4v) is 2.33. The van der Waals surface area contributed by atoms with Crippen LogP contribution in [0.2, 0.25) is 0 Å². The Morgan fingerprint density at radius 2 is 2.08 bits per heavy atom. The molecule has 3 nitrogen and oxygen atoms in total. The predicted octanol–water partition coefficient (Wildman–Crippen LogP) is 0.886. The minimum atomic E-state index is 0.160. The smallest absolute Gasteiger partial charge is 0.0832 e. The van der Waals surface area contributed by atoms with Crippen molar-refractivity contribution in [1.82, 2.24) is 4.90 Å². The van der Waals surface area contributed by atoms with Gasteiger partial charge in [0.05, 0.1) is 18.3 Å². The lowest BCUT2D eigenvalue weighted by molar-refractivity contribution is -0.0406. The molecule has 0 amide bonds. The molecule has 1 spiro atoms. The standard InChI is InChI=1S/C10H19NO2/c1-11-5-3-10(4-6-11)7-9(12-2)8-13-10/h9H,3-8H2,1-2H3. The van der Waals surface area contributed by atoms with Crippen LogP contribution in [-0.4, -0.2) is 50.5 Å². The molecule has 2 saturated heterocycles. The van der Waals surface area contributed by atoms with Crippen LogP contribution in [0.1, 0.15) is 19.3 Å². The highest BCUT2D eigenvalue weighted by Crippen LogP contribution is 2.36. The number of ether oxygens (including phenoxy) is 2. The van der Waals surface area contributed by atoms with Crippen molar-refractivity contribution in [3.63, 3.8) is 0 Å². The summed E-state index contributed by atoms with van der Waals surface area (Å²) in [5, 5.41) is 0. The van der Waals surface area contributed by atoms with Crippen molar-refractivity contribution >= 4 is 0 Å². The van der Waals surface area contributed by atoms with E-state index in [0.717, 1.165) is 26.1 Å². The second-order valence-electron chi connectivity index (χ2n) is 4.36. The van der Waals surface area contributed by atoms with Crippen molar-refractivity contribution in [3.05, 3.63) is 0 Å². The van der Waals surface area contributed by atoms with Gasteiger partial charge in [0, 0.05) is 26.6 Å². The number of nitrogens with zero attached hydrogens (tertiary/aromatic N) is 1. The molecule has 1 unspecified atom stereocenters. The van der Waals surface area contributed by atoms with Gasteiger partial charge in [-0.2, -0.15) is 0 Å². The van der Waals surface area contributed by atoms with Crippen molar-refractivity contribution in [1.29, 1.82) is 0 Å². The number of hydrogen-bond donors (Lipinski definition) is 0. The van der Waals surface area contributed by atoms with E-state index < -0.39 is 0 Å². The minimum Gasteiger partial charge on any atom is -0.379 e.